The fourth-order valence-corrected chi connectivity index (χ4v) is 0.694. The Morgan fingerprint density at radius 3 is 1.60 bits per heavy atom. The predicted octanol–water partition coefficient (Wildman–Crippen LogP) is 3.13. The molecule has 0 saturated heterocycles. The molecule has 0 radical (unpaired) electrons. The maximum absolute atomic E-state index is 11.7. The van der Waals surface area contributed by atoms with Gasteiger partial charge in [-0.3, -0.25) is 0 Å². The molecule has 62 valence electrons. The smallest absolute Gasteiger partial charge is 0.449 e. The van der Waals surface area contributed by atoms with Crippen LogP contribution in [0.1, 0.15) is 20.8 Å². The first-order valence-corrected chi connectivity index (χ1v) is 3.54. The van der Waals surface area contributed by atoms with Crippen LogP contribution in [0.4, 0.5) is 12.9 Å². The first-order valence-electron chi connectivity index (χ1n) is 3.54. The van der Waals surface area contributed by atoms with E-state index in [-0.39, 0.29) is 11.8 Å². The first kappa shape index (κ1) is 9.85. The Labute approximate surface area is 59.9 Å². The van der Waals surface area contributed by atoms with Gasteiger partial charge >= 0.3 is 6.98 Å². The van der Waals surface area contributed by atoms with Gasteiger partial charge in [-0.2, -0.15) is 0 Å². The Kier molecular flexibility index (Phi) is 3.26. The van der Waals surface area contributed by atoms with Crippen molar-refractivity contribution in [3.8, 4) is 0 Å². The number of hydrogen-bond donors (Lipinski definition) is 0. The zero-order valence-electron chi connectivity index (χ0n) is 6.57. The fourth-order valence-electron chi connectivity index (χ4n) is 0.694. The third kappa shape index (κ3) is 4.71. The second kappa shape index (κ2) is 3.31. The Balaban J connectivity index is 3.68. The Bertz CT molecular complexity index is 97.7. The highest BCUT2D eigenvalue weighted by molar-refractivity contribution is 6.58. The normalized spacial score (nSPS) is 15.9. The fraction of sp³-hybridized carbons (Fsp3) is 1.00. The lowest BCUT2D eigenvalue weighted by Crippen LogP contribution is -2.21. The molecule has 0 aliphatic carbocycles. The molecule has 0 N–H and O–H groups in total. The lowest BCUT2D eigenvalue weighted by Gasteiger charge is -2.22. The summed E-state index contributed by atoms with van der Waals surface area (Å²) in [6.45, 7) is 0.687. The predicted molar refractivity (Wildman–Crippen MR) is 37.9 cm³/mol. The van der Waals surface area contributed by atoms with Crippen molar-refractivity contribution in [1.29, 1.82) is 0 Å². The third-order valence-electron chi connectivity index (χ3n) is 1.78. The lowest BCUT2D eigenvalue weighted by molar-refractivity contribution is 0.386. The quantitative estimate of drug-likeness (QED) is 0.546. The van der Waals surface area contributed by atoms with E-state index in [0.29, 0.717) is 0 Å². The minimum Gasteiger partial charge on any atom is -0.449 e. The van der Waals surface area contributed by atoms with Gasteiger partial charge in [0, 0.05) is 0 Å². The lowest BCUT2D eigenvalue weighted by atomic mass is 9.75. The average molecular weight is 153 g/mol. The van der Waals surface area contributed by atoms with Crippen LogP contribution in [0.5, 0.6) is 0 Å². The molecule has 0 amide bonds. The van der Waals surface area contributed by atoms with Crippen molar-refractivity contribution < 1.29 is 12.9 Å². The van der Waals surface area contributed by atoms with E-state index >= 15 is 0 Å². The molecule has 1 atom stereocenters. The van der Waals surface area contributed by atoms with E-state index < -0.39 is 13.3 Å². The van der Waals surface area contributed by atoms with Gasteiger partial charge in [0.1, 0.15) is 0 Å². The summed E-state index contributed by atoms with van der Waals surface area (Å²) in [6.07, 6.45) is -0.600. The van der Waals surface area contributed by atoms with Gasteiger partial charge < -0.3 is 12.9 Å². The highest BCUT2D eigenvalue weighted by atomic mass is 19.4. The zero-order chi connectivity index (χ0) is 8.36. The van der Waals surface area contributed by atoms with E-state index in [9.17, 15) is 12.9 Å². The third-order valence-corrected chi connectivity index (χ3v) is 1.78. The van der Waals surface area contributed by atoms with E-state index in [2.05, 4.69) is 0 Å². The summed E-state index contributed by atoms with van der Waals surface area (Å²) in [6, 6.07) is 0. The molecule has 0 aromatic carbocycles. The van der Waals surface area contributed by atoms with E-state index in [4.69, 9.17) is 0 Å². The Morgan fingerprint density at radius 2 is 1.50 bits per heavy atom. The van der Waals surface area contributed by atoms with Crippen LogP contribution in [0.15, 0.2) is 0 Å². The minimum absolute atomic E-state index is 0.128. The van der Waals surface area contributed by atoms with Gasteiger partial charge in [0.2, 0.25) is 0 Å². The van der Waals surface area contributed by atoms with Crippen LogP contribution in [0.3, 0.4) is 0 Å². The van der Waals surface area contributed by atoms with Gasteiger partial charge in [0.25, 0.3) is 0 Å². The average Bonchev–Trinajstić information content (AvgIpc) is 1.60. The van der Waals surface area contributed by atoms with Gasteiger partial charge in [-0.15, -0.1) is 0 Å². The second-order valence-electron chi connectivity index (χ2n) is 3.17. The highest BCUT2D eigenvalue weighted by Crippen LogP contribution is 2.25. The van der Waals surface area contributed by atoms with Crippen LogP contribution < -0.4 is 0 Å². The van der Waals surface area contributed by atoms with Crippen LogP contribution in [-0.4, -0.2) is 6.98 Å². The van der Waals surface area contributed by atoms with Crippen molar-refractivity contribution in [2.75, 3.05) is 0 Å². The SMILES string of the molecule is CC(C)C(C)C[B-](F)(F)F. The van der Waals surface area contributed by atoms with Gasteiger partial charge in [-0.05, 0) is 5.92 Å². The molecule has 10 heavy (non-hydrogen) atoms. The molecule has 0 spiro atoms. The largest absolute Gasteiger partial charge is 0.478 e. The van der Waals surface area contributed by atoms with Crippen LogP contribution in [-0.2, 0) is 0 Å². The standard InChI is InChI=1S/C6H13BF3/c1-5(2)6(3)4-7(8,9)10/h5-6H,4H2,1-3H3/q-1. The second-order valence-corrected chi connectivity index (χ2v) is 3.17. The summed E-state index contributed by atoms with van der Waals surface area (Å²) in [7, 11) is 0. The van der Waals surface area contributed by atoms with Crippen molar-refractivity contribution in [2.24, 2.45) is 11.8 Å². The summed E-state index contributed by atoms with van der Waals surface area (Å²) < 4.78 is 35.2. The summed E-state index contributed by atoms with van der Waals surface area (Å²) in [4.78, 5) is 0. The number of halogens is 3. The van der Waals surface area contributed by atoms with Crippen LogP contribution >= 0.6 is 0 Å². The molecular formula is C6H13BF3-. The molecule has 0 fully saturated rings. The molecule has 0 rings (SSSR count). The Morgan fingerprint density at radius 1 is 1.10 bits per heavy atom. The van der Waals surface area contributed by atoms with Crippen molar-refractivity contribution >= 4 is 6.98 Å². The molecule has 0 aromatic heterocycles. The van der Waals surface area contributed by atoms with Crippen molar-refractivity contribution in [1.82, 2.24) is 0 Å². The first-order chi connectivity index (χ1) is 4.33. The topological polar surface area (TPSA) is 0 Å². The van der Waals surface area contributed by atoms with E-state index in [1.165, 1.54) is 0 Å². The molecule has 4 heteroatoms. The molecule has 0 saturated carbocycles. The van der Waals surface area contributed by atoms with E-state index in [1.54, 1.807) is 6.92 Å². The van der Waals surface area contributed by atoms with Crippen LogP contribution in [0.25, 0.3) is 0 Å². The van der Waals surface area contributed by atoms with Crippen molar-refractivity contribution in [2.45, 2.75) is 27.1 Å². The molecule has 1 unspecified atom stereocenters. The Hall–Kier alpha value is -0.145. The van der Waals surface area contributed by atoms with Gasteiger partial charge in [-0.25, -0.2) is 0 Å². The molecule has 0 aromatic rings. The summed E-state index contributed by atoms with van der Waals surface area (Å²) in [5, 5.41) is 0. The maximum Gasteiger partial charge on any atom is 0.478 e. The monoisotopic (exact) mass is 153 g/mol. The summed E-state index contributed by atoms with van der Waals surface area (Å²) in [5.74, 6) is -0.108. The van der Waals surface area contributed by atoms with E-state index in [1.807, 2.05) is 13.8 Å². The summed E-state index contributed by atoms with van der Waals surface area (Å²) in [5.41, 5.74) is 0. The van der Waals surface area contributed by atoms with E-state index in [0.717, 1.165) is 0 Å². The van der Waals surface area contributed by atoms with Gasteiger partial charge in [-0.1, -0.05) is 33.0 Å². The van der Waals surface area contributed by atoms with Gasteiger partial charge in [0.05, 0.1) is 0 Å². The van der Waals surface area contributed by atoms with Crippen LogP contribution in [0, 0.1) is 11.8 Å². The summed E-state index contributed by atoms with van der Waals surface area (Å²) >= 11 is 0. The molecule has 0 bridgehead atoms. The number of hydrogen-bond acceptors (Lipinski definition) is 0. The maximum atomic E-state index is 11.7. The molecular weight excluding hydrogens is 140 g/mol. The van der Waals surface area contributed by atoms with Crippen molar-refractivity contribution in [3.63, 3.8) is 0 Å². The highest BCUT2D eigenvalue weighted by Gasteiger charge is 2.26. The van der Waals surface area contributed by atoms with Gasteiger partial charge in [0.15, 0.2) is 0 Å². The molecule has 0 nitrogen and oxygen atoms in total. The molecule has 0 heterocycles. The van der Waals surface area contributed by atoms with Crippen LogP contribution in [0.2, 0.25) is 6.32 Å². The van der Waals surface area contributed by atoms with Crippen molar-refractivity contribution in [3.05, 3.63) is 0 Å². The number of rotatable bonds is 3. The minimum atomic E-state index is -4.58. The molecule has 0 aliphatic rings. The molecule has 0 aliphatic heterocycles. The zero-order valence-corrected chi connectivity index (χ0v) is 6.57.